The largest absolute Gasteiger partial charge is 0.376 e. The first kappa shape index (κ1) is 11.6. The summed E-state index contributed by atoms with van der Waals surface area (Å²) in [5.41, 5.74) is 0.800. The maximum atomic E-state index is 5.67. The monoisotopic (exact) mass is 241 g/mol. The zero-order valence-corrected chi connectivity index (χ0v) is 10.3. The van der Waals surface area contributed by atoms with Crippen LogP contribution < -0.4 is 4.90 Å². The Labute approximate surface area is 101 Å². The topological polar surface area (TPSA) is 38.2 Å². The second kappa shape index (κ2) is 4.97. The fraction of sp³-hybridized carbons (Fsp3) is 0.636. The summed E-state index contributed by atoms with van der Waals surface area (Å²) in [4.78, 5) is 10.7. The van der Waals surface area contributed by atoms with Gasteiger partial charge in [-0.1, -0.05) is 0 Å². The second-order valence-electron chi connectivity index (χ2n) is 4.04. The molecule has 0 radical (unpaired) electrons. The first-order valence-electron chi connectivity index (χ1n) is 5.43. The van der Waals surface area contributed by atoms with Crippen LogP contribution >= 0.6 is 11.6 Å². The summed E-state index contributed by atoms with van der Waals surface area (Å²) in [6.07, 6.45) is 4.78. The lowest BCUT2D eigenvalue weighted by molar-refractivity contribution is 0.118. The maximum absolute atomic E-state index is 5.67. The van der Waals surface area contributed by atoms with E-state index in [1.54, 1.807) is 12.4 Å². The Hall–Kier alpha value is -0.870. The van der Waals surface area contributed by atoms with Gasteiger partial charge in [-0.15, -0.1) is 11.6 Å². The third-order valence-electron chi connectivity index (χ3n) is 3.02. The zero-order valence-electron chi connectivity index (χ0n) is 9.56. The highest BCUT2D eigenvalue weighted by molar-refractivity contribution is 6.16. The number of hydrogen-bond donors (Lipinski definition) is 0. The third-order valence-corrected chi connectivity index (χ3v) is 3.30. The van der Waals surface area contributed by atoms with Crippen molar-refractivity contribution in [2.24, 2.45) is 0 Å². The predicted molar refractivity (Wildman–Crippen MR) is 63.8 cm³/mol. The normalized spacial score (nSPS) is 24.7. The average molecular weight is 242 g/mol. The van der Waals surface area contributed by atoms with E-state index in [1.165, 1.54) is 0 Å². The van der Waals surface area contributed by atoms with Crippen molar-refractivity contribution in [3.8, 4) is 0 Å². The van der Waals surface area contributed by atoms with Crippen molar-refractivity contribution in [2.75, 3.05) is 18.6 Å². The Balaban J connectivity index is 2.10. The zero-order chi connectivity index (χ0) is 11.5. The predicted octanol–water partition coefficient (Wildman–Crippen LogP) is 1.83. The summed E-state index contributed by atoms with van der Waals surface area (Å²) < 4.78 is 5.54. The van der Waals surface area contributed by atoms with Crippen molar-refractivity contribution in [1.82, 2.24) is 9.97 Å². The van der Waals surface area contributed by atoms with Crippen molar-refractivity contribution in [1.29, 1.82) is 0 Å². The molecule has 0 N–H and O–H groups in total. The molecule has 0 saturated carbocycles. The number of anilines is 1. The highest BCUT2D eigenvalue weighted by Crippen LogP contribution is 2.22. The van der Waals surface area contributed by atoms with E-state index in [4.69, 9.17) is 16.3 Å². The van der Waals surface area contributed by atoms with Crippen LogP contribution in [0.1, 0.15) is 19.0 Å². The Kier molecular flexibility index (Phi) is 3.61. The van der Waals surface area contributed by atoms with Crippen LogP contribution in [-0.2, 0) is 10.6 Å². The number of aromatic nitrogens is 2. The van der Waals surface area contributed by atoms with Crippen LogP contribution in [0.15, 0.2) is 12.4 Å². The van der Waals surface area contributed by atoms with Crippen LogP contribution in [0.2, 0.25) is 0 Å². The molecule has 1 fully saturated rings. The molecule has 1 aliphatic heterocycles. The van der Waals surface area contributed by atoms with Crippen LogP contribution in [0.5, 0.6) is 0 Å². The quantitative estimate of drug-likeness (QED) is 0.757. The van der Waals surface area contributed by atoms with E-state index in [0.29, 0.717) is 11.9 Å². The maximum Gasteiger partial charge on any atom is 0.147 e. The lowest BCUT2D eigenvalue weighted by atomic mass is 10.1. The van der Waals surface area contributed by atoms with Gasteiger partial charge in [-0.3, -0.25) is 4.98 Å². The van der Waals surface area contributed by atoms with E-state index in [1.807, 2.05) is 7.05 Å². The first-order chi connectivity index (χ1) is 7.72. The molecular weight excluding hydrogens is 226 g/mol. The highest BCUT2D eigenvalue weighted by Gasteiger charge is 2.28. The van der Waals surface area contributed by atoms with Gasteiger partial charge in [0.1, 0.15) is 5.82 Å². The molecule has 0 spiro atoms. The number of alkyl halides is 1. The fourth-order valence-corrected chi connectivity index (χ4v) is 2.14. The van der Waals surface area contributed by atoms with Gasteiger partial charge in [-0.2, -0.15) is 0 Å². The SMILES string of the molecule is CC1OCCC1N(C)c1cnc(CCl)cn1. The van der Waals surface area contributed by atoms with Gasteiger partial charge < -0.3 is 9.64 Å². The first-order valence-corrected chi connectivity index (χ1v) is 5.97. The standard InChI is InChI=1S/C11H16ClN3O/c1-8-10(3-4-16-8)15(2)11-7-13-9(5-12)6-14-11/h6-8,10H,3-5H2,1-2H3. The molecule has 2 rings (SSSR count). The van der Waals surface area contributed by atoms with Gasteiger partial charge >= 0.3 is 0 Å². The summed E-state index contributed by atoms with van der Waals surface area (Å²) in [7, 11) is 2.03. The molecule has 1 aromatic rings. The van der Waals surface area contributed by atoms with Gasteiger partial charge in [-0.05, 0) is 13.3 Å². The van der Waals surface area contributed by atoms with Crippen molar-refractivity contribution >= 4 is 17.4 Å². The van der Waals surface area contributed by atoms with Crippen molar-refractivity contribution in [3.63, 3.8) is 0 Å². The number of likely N-dealkylation sites (N-methyl/N-ethyl adjacent to an activating group) is 1. The van der Waals surface area contributed by atoms with E-state index < -0.39 is 0 Å². The molecule has 2 atom stereocenters. The number of nitrogens with zero attached hydrogens (tertiary/aromatic N) is 3. The van der Waals surface area contributed by atoms with Crippen LogP contribution in [0.4, 0.5) is 5.82 Å². The van der Waals surface area contributed by atoms with Crippen LogP contribution in [0.3, 0.4) is 0 Å². The summed E-state index contributed by atoms with van der Waals surface area (Å²) >= 11 is 5.67. The van der Waals surface area contributed by atoms with Gasteiger partial charge in [0.15, 0.2) is 0 Å². The molecule has 88 valence electrons. The molecule has 1 aromatic heterocycles. The van der Waals surface area contributed by atoms with Crippen LogP contribution in [-0.4, -0.2) is 35.8 Å². The fourth-order valence-electron chi connectivity index (χ4n) is 2.00. The van der Waals surface area contributed by atoms with Crippen molar-refractivity contribution in [3.05, 3.63) is 18.1 Å². The number of ether oxygens (including phenoxy) is 1. The number of rotatable bonds is 3. The highest BCUT2D eigenvalue weighted by atomic mass is 35.5. The van der Waals surface area contributed by atoms with Crippen LogP contribution in [0.25, 0.3) is 0 Å². The van der Waals surface area contributed by atoms with E-state index >= 15 is 0 Å². The number of hydrogen-bond acceptors (Lipinski definition) is 4. The van der Waals surface area contributed by atoms with Gasteiger partial charge in [0, 0.05) is 13.7 Å². The smallest absolute Gasteiger partial charge is 0.147 e. The second-order valence-corrected chi connectivity index (χ2v) is 4.31. The Bertz CT molecular complexity index is 344. The third kappa shape index (κ3) is 2.28. The van der Waals surface area contributed by atoms with Gasteiger partial charge in [0.2, 0.25) is 0 Å². The summed E-state index contributed by atoms with van der Waals surface area (Å²) in [5.74, 6) is 1.27. The molecule has 0 bridgehead atoms. The van der Waals surface area contributed by atoms with Crippen molar-refractivity contribution in [2.45, 2.75) is 31.4 Å². The molecule has 0 amide bonds. The van der Waals surface area contributed by atoms with Crippen LogP contribution in [0, 0.1) is 0 Å². The lowest BCUT2D eigenvalue weighted by Gasteiger charge is -2.27. The molecule has 0 aromatic carbocycles. The molecule has 5 heteroatoms. The molecule has 1 saturated heterocycles. The minimum Gasteiger partial charge on any atom is -0.376 e. The molecule has 16 heavy (non-hydrogen) atoms. The van der Waals surface area contributed by atoms with Gasteiger partial charge in [-0.25, -0.2) is 4.98 Å². The minimum atomic E-state index is 0.250. The number of halogens is 1. The van der Waals surface area contributed by atoms with Gasteiger partial charge in [0.25, 0.3) is 0 Å². The Morgan fingerprint density at radius 3 is 2.81 bits per heavy atom. The van der Waals surface area contributed by atoms with E-state index in [2.05, 4.69) is 21.8 Å². The molecule has 0 aliphatic carbocycles. The summed E-state index contributed by atoms with van der Waals surface area (Å²) in [6.45, 7) is 2.91. The van der Waals surface area contributed by atoms with E-state index in [9.17, 15) is 0 Å². The summed E-state index contributed by atoms with van der Waals surface area (Å²) in [6, 6.07) is 0.385. The van der Waals surface area contributed by atoms with E-state index in [-0.39, 0.29) is 6.10 Å². The minimum absolute atomic E-state index is 0.250. The molecular formula is C11H16ClN3O. The average Bonchev–Trinajstić information content (AvgIpc) is 2.75. The Morgan fingerprint density at radius 1 is 1.50 bits per heavy atom. The Morgan fingerprint density at radius 2 is 2.31 bits per heavy atom. The molecule has 4 nitrogen and oxygen atoms in total. The molecule has 2 unspecified atom stereocenters. The molecule has 2 heterocycles. The molecule has 1 aliphatic rings. The van der Waals surface area contributed by atoms with Crippen molar-refractivity contribution < 1.29 is 4.74 Å². The van der Waals surface area contributed by atoms with Gasteiger partial charge in [0.05, 0.1) is 36.1 Å². The lowest BCUT2D eigenvalue weighted by Crippen LogP contribution is -2.37. The van der Waals surface area contributed by atoms with E-state index in [0.717, 1.165) is 24.5 Å². The summed E-state index contributed by atoms with van der Waals surface area (Å²) in [5, 5.41) is 0.